The van der Waals surface area contributed by atoms with Crippen molar-refractivity contribution < 1.29 is 9.90 Å². The number of amides is 2. The fraction of sp³-hybridized carbons (Fsp3) is 0.571. The van der Waals surface area contributed by atoms with Gasteiger partial charge >= 0.3 is 6.03 Å². The van der Waals surface area contributed by atoms with Crippen molar-refractivity contribution in [3.8, 4) is 0 Å². The number of nitrogens with zero attached hydrogens (tertiary/aromatic N) is 1. The van der Waals surface area contributed by atoms with Crippen LogP contribution in [0.2, 0.25) is 0 Å². The number of carbonyl (C=O) groups is 1. The molecule has 6 heteroatoms. The Morgan fingerprint density at radius 2 is 2.15 bits per heavy atom. The molecule has 0 saturated heterocycles. The van der Waals surface area contributed by atoms with Crippen LogP contribution in [0.15, 0.2) is 16.7 Å². The number of aromatic nitrogens is 1. The van der Waals surface area contributed by atoms with Gasteiger partial charge in [0, 0.05) is 13.2 Å². The van der Waals surface area contributed by atoms with Crippen molar-refractivity contribution in [2.24, 2.45) is 5.41 Å². The highest BCUT2D eigenvalue weighted by Crippen LogP contribution is 2.20. The number of rotatable bonds is 6. The van der Waals surface area contributed by atoms with E-state index in [4.69, 9.17) is 5.11 Å². The topological polar surface area (TPSA) is 74.2 Å². The summed E-state index contributed by atoms with van der Waals surface area (Å²) in [5, 5.41) is 14.7. The number of hydrogen-bond acceptors (Lipinski definition) is 3. The first-order valence-corrected chi connectivity index (χ1v) is 7.42. The molecule has 3 N–H and O–H groups in total. The molecule has 2 amide bonds. The van der Waals surface area contributed by atoms with Gasteiger partial charge in [-0.1, -0.05) is 13.8 Å². The quantitative estimate of drug-likeness (QED) is 0.548. The zero-order chi connectivity index (χ0) is 15.2. The summed E-state index contributed by atoms with van der Waals surface area (Å²) < 4.78 is 0.743. The van der Waals surface area contributed by atoms with Gasteiger partial charge in [0.2, 0.25) is 0 Å². The van der Waals surface area contributed by atoms with Gasteiger partial charge in [0.05, 0.1) is 11.4 Å². The fourth-order valence-corrected chi connectivity index (χ4v) is 2.08. The maximum absolute atomic E-state index is 11.7. The molecule has 1 aromatic heterocycles. The predicted octanol–water partition coefficient (Wildman–Crippen LogP) is 3.07. The molecule has 0 unspecified atom stereocenters. The molecule has 0 aliphatic heterocycles. The average Bonchev–Trinajstić information content (AvgIpc) is 2.38. The van der Waals surface area contributed by atoms with Gasteiger partial charge < -0.3 is 15.7 Å². The third-order valence-electron chi connectivity index (χ3n) is 3.04. The third-order valence-corrected chi connectivity index (χ3v) is 3.49. The summed E-state index contributed by atoms with van der Waals surface area (Å²) in [6.07, 6.45) is 1.70. The minimum atomic E-state index is -0.237. The molecule has 0 radical (unpaired) electrons. The molecule has 112 valence electrons. The maximum atomic E-state index is 11.7. The van der Waals surface area contributed by atoms with Crippen LogP contribution in [0, 0.1) is 12.3 Å². The Kier molecular flexibility index (Phi) is 6.42. The Balaban J connectivity index is 2.34. The molecule has 0 spiro atoms. The van der Waals surface area contributed by atoms with Crippen molar-refractivity contribution in [2.75, 3.05) is 18.5 Å². The Hall–Kier alpha value is -1.14. The number of aliphatic hydroxyl groups excluding tert-OH is 1. The molecule has 0 aliphatic carbocycles. The lowest BCUT2D eigenvalue weighted by Crippen LogP contribution is -2.30. The molecule has 1 aromatic rings. The van der Waals surface area contributed by atoms with Crippen LogP contribution in [0.5, 0.6) is 0 Å². The van der Waals surface area contributed by atoms with Gasteiger partial charge in [-0.2, -0.15) is 0 Å². The van der Waals surface area contributed by atoms with E-state index in [1.807, 2.05) is 20.8 Å². The summed E-state index contributed by atoms with van der Waals surface area (Å²) in [7, 11) is 0. The van der Waals surface area contributed by atoms with E-state index in [1.54, 1.807) is 12.1 Å². The smallest absolute Gasteiger partial charge is 0.319 e. The molecule has 0 bridgehead atoms. The lowest BCUT2D eigenvalue weighted by atomic mass is 9.89. The fourth-order valence-electron chi connectivity index (χ4n) is 1.68. The van der Waals surface area contributed by atoms with E-state index >= 15 is 0 Å². The first-order valence-electron chi connectivity index (χ1n) is 6.63. The number of anilines is 1. The van der Waals surface area contributed by atoms with Gasteiger partial charge in [0.25, 0.3) is 0 Å². The molecule has 0 aromatic carbocycles. The van der Waals surface area contributed by atoms with Crippen molar-refractivity contribution in [1.82, 2.24) is 10.3 Å². The van der Waals surface area contributed by atoms with Crippen molar-refractivity contribution in [3.63, 3.8) is 0 Å². The Morgan fingerprint density at radius 1 is 1.45 bits per heavy atom. The number of aliphatic hydroxyl groups is 1. The number of pyridine rings is 1. The Bertz CT molecular complexity index is 464. The van der Waals surface area contributed by atoms with E-state index in [-0.39, 0.29) is 18.1 Å². The number of hydrogen-bond donors (Lipinski definition) is 3. The SMILES string of the molecule is Cc1nc(Br)ccc1NC(=O)NCCCC(C)(C)CO. The van der Waals surface area contributed by atoms with Crippen LogP contribution in [0.25, 0.3) is 0 Å². The highest BCUT2D eigenvalue weighted by Gasteiger charge is 2.15. The average molecular weight is 344 g/mol. The summed E-state index contributed by atoms with van der Waals surface area (Å²) in [6, 6.07) is 3.35. The van der Waals surface area contributed by atoms with Crippen LogP contribution in [0.3, 0.4) is 0 Å². The summed E-state index contributed by atoms with van der Waals surface area (Å²) in [5.74, 6) is 0. The van der Waals surface area contributed by atoms with Gasteiger partial charge in [0.1, 0.15) is 4.60 Å². The van der Waals surface area contributed by atoms with Crippen LogP contribution >= 0.6 is 15.9 Å². The lowest BCUT2D eigenvalue weighted by molar-refractivity contribution is 0.148. The second-order valence-electron chi connectivity index (χ2n) is 5.57. The zero-order valence-corrected chi connectivity index (χ0v) is 13.7. The molecule has 1 rings (SSSR count). The van der Waals surface area contributed by atoms with Crippen LogP contribution in [-0.2, 0) is 0 Å². The van der Waals surface area contributed by atoms with E-state index in [0.717, 1.165) is 23.1 Å². The van der Waals surface area contributed by atoms with Crippen molar-refractivity contribution in [2.45, 2.75) is 33.6 Å². The van der Waals surface area contributed by atoms with Gasteiger partial charge in [-0.15, -0.1) is 0 Å². The number of nitrogens with one attached hydrogen (secondary N) is 2. The maximum Gasteiger partial charge on any atom is 0.319 e. The van der Waals surface area contributed by atoms with E-state index in [2.05, 4.69) is 31.5 Å². The van der Waals surface area contributed by atoms with Gasteiger partial charge in [-0.25, -0.2) is 9.78 Å². The molecule has 0 aliphatic rings. The molecule has 20 heavy (non-hydrogen) atoms. The molecule has 0 atom stereocenters. The minimum absolute atomic E-state index is 0.0929. The minimum Gasteiger partial charge on any atom is -0.396 e. The molecular formula is C14H22BrN3O2. The zero-order valence-electron chi connectivity index (χ0n) is 12.2. The molecule has 0 fully saturated rings. The summed E-state index contributed by atoms with van der Waals surface area (Å²) >= 11 is 3.28. The third kappa shape index (κ3) is 5.88. The van der Waals surface area contributed by atoms with E-state index in [0.29, 0.717) is 12.2 Å². The summed E-state index contributed by atoms with van der Waals surface area (Å²) in [4.78, 5) is 15.9. The normalized spacial score (nSPS) is 11.2. The highest BCUT2D eigenvalue weighted by atomic mass is 79.9. The second kappa shape index (κ2) is 7.59. The Labute approximate surface area is 128 Å². The lowest BCUT2D eigenvalue weighted by Gasteiger charge is -2.21. The summed E-state index contributed by atoms with van der Waals surface area (Å²) in [5.41, 5.74) is 1.36. The van der Waals surface area contributed by atoms with Crippen molar-refractivity contribution in [1.29, 1.82) is 0 Å². The van der Waals surface area contributed by atoms with E-state index < -0.39 is 0 Å². The summed E-state index contributed by atoms with van der Waals surface area (Å²) in [6.45, 7) is 6.58. The van der Waals surface area contributed by atoms with E-state index in [1.165, 1.54) is 0 Å². The first kappa shape index (κ1) is 16.9. The number of aryl methyl sites for hydroxylation is 1. The van der Waals surface area contributed by atoms with Crippen molar-refractivity contribution >= 4 is 27.6 Å². The number of carbonyl (C=O) groups excluding carboxylic acids is 1. The standard InChI is InChI=1S/C14H22BrN3O2/c1-10-11(5-6-12(15)17-10)18-13(20)16-8-4-7-14(2,3)9-19/h5-6,19H,4,7-9H2,1-3H3,(H2,16,18,20). The van der Waals surface area contributed by atoms with Crippen LogP contribution in [0.1, 0.15) is 32.4 Å². The van der Waals surface area contributed by atoms with Crippen LogP contribution in [-0.4, -0.2) is 29.3 Å². The first-order chi connectivity index (χ1) is 9.34. The van der Waals surface area contributed by atoms with Gasteiger partial charge in [-0.3, -0.25) is 0 Å². The van der Waals surface area contributed by atoms with Gasteiger partial charge in [-0.05, 0) is 53.2 Å². The molecule has 1 heterocycles. The largest absolute Gasteiger partial charge is 0.396 e. The highest BCUT2D eigenvalue weighted by molar-refractivity contribution is 9.10. The van der Waals surface area contributed by atoms with Crippen LogP contribution < -0.4 is 10.6 Å². The van der Waals surface area contributed by atoms with Crippen LogP contribution in [0.4, 0.5) is 10.5 Å². The number of urea groups is 1. The van der Waals surface area contributed by atoms with Crippen molar-refractivity contribution in [3.05, 3.63) is 22.4 Å². The second-order valence-corrected chi connectivity index (χ2v) is 6.39. The predicted molar refractivity (Wildman–Crippen MR) is 83.8 cm³/mol. The molecule has 0 saturated carbocycles. The monoisotopic (exact) mass is 343 g/mol. The Morgan fingerprint density at radius 3 is 2.75 bits per heavy atom. The van der Waals surface area contributed by atoms with Gasteiger partial charge in [0.15, 0.2) is 0 Å². The molecular weight excluding hydrogens is 322 g/mol. The number of halogens is 1. The molecule has 5 nitrogen and oxygen atoms in total. The van der Waals surface area contributed by atoms with E-state index in [9.17, 15) is 4.79 Å².